The zero-order chi connectivity index (χ0) is 8.48. The van der Waals surface area contributed by atoms with Crippen LogP contribution in [0.1, 0.15) is 12.8 Å². The minimum Gasteiger partial charge on any atom is -0.303 e. The van der Waals surface area contributed by atoms with E-state index < -0.39 is 24.9 Å². The molecule has 1 saturated carbocycles. The second-order valence-corrected chi connectivity index (χ2v) is 2.70. The summed E-state index contributed by atoms with van der Waals surface area (Å²) in [6.45, 7) is -1.09. The van der Waals surface area contributed by atoms with Gasteiger partial charge in [-0.3, -0.25) is 0 Å². The van der Waals surface area contributed by atoms with Gasteiger partial charge >= 0.3 is 6.18 Å². The molecule has 66 valence electrons. The topological polar surface area (TPSA) is 12.0 Å². The third kappa shape index (κ3) is 2.65. The van der Waals surface area contributed by atoms with Crippen molar-refractivity contribution in [1.82, 2.24) is 5.32 Å². The van der Waals surface area contributed by atoms with Gasteiger partial charge in [0, 0.05) is 6.04 Å². The van der Waals surface area contributed by atoms with Crippen LogP contribution < -0.4 is 5.32 Å². The summed E-state index contributed by atoms with van der Waals surface area (Å²) < 4.78 is 46.9. The normalized spacial score (nSPS) is 31.6. The van der Waals surface area contributed by atoms with Crippen molar-refractivity contribution in [3.8, 4) is 0 Å². The molecule has 5 heteroatoms. The first-order valence-electron chi connectivity index (χ1n) is 3.43. The summed E-state index contributed by atoms with van der Waals surface area (Å²) in [5.74, 6) is 0. The van der Waals surface area contributed by atoms with E-state index in [9.17, 15) is 17.6 Å². The molecule has 1 N–H and O–H groups in total. The predicted octanol–water partition coefficient (Wildman–Crippen LogP) is 1.64. The van der Waals surface area contributed by atoms with Crippen molar-refractivity contribution < 1.29 is 17.6 Å². The maximum atomic E-state index is 12.3. The summed E-state index contributed by atoms with van der Waals surface area (Å²) >= 11 is 0. The first-order chi connectivity index (χ1) is 4.99. The van der Waals surface area contributed by atoms with Gasteiger partial charge in [-0.05, 0) is 12.8 Å². The van der Waals surface area contributed by atoms with Crippen molar-refractivity contribution >= 4 is 0 Å². The lowest BCUT2D eigenvalue weighted by Gasteiger charge is -2.31. The Bertz CT molecular complexity index is 133. The van der Waals surface area contributed by atoms with Gasteiger partial charge in [0.1, 0.15) is 6.17 Å². The summed E-state index contributed by atoms with van der Waals surface area (Å²) in [5.41, 5.74) is 0. The van der Waals surface area contributed by atoms with Gasteiger partial charge in [-0.25, -0.2) is 4.39 Å². The fourth-order valence-electron chi connectivity index (χ4n) is 0.936. The summed E-state index contributed by atoms with van der Waals surface area (Å²) in [4.78, 5) is 0. The Hall–Kier alpha value is -0.320. The fourth-order valence-corrected chi connectivity index (χ4v) is 0.936. The van der Waals surface area contributed by atoms with Crippen LogP contribution in [0.4, 0.5) is 17.6 Å². The van der Waals surface area contributed by atoms with E-state index in [1.54, 1.807) is 0 Å². The molecule has 0 bridgehead atoms. The van der Waals surface area contributed by atoms with Gasteiger partial charge < -0.3 is 5.32 Å². The molecular weight excluding hydrogens is 162 g/mol. The van der Waals surface area contributed by atoms with Crippen LogP contribution in [0.15, 0.2) is 0 Å². The molecule has 0 spiro atoms. The average Bonchev–Trinajstić information content (AvgIpc) is 1.82. The van der Waals surface area contributed by atoms with Crippen LogP contribution in [0, 0.1) is 0 Å². The maximum absolute atomic E-state index is 12.3. The van der Waals surface area contributed by atoms with E-state index >= 15 is 0 Å². The highest BCUT2D eigenvalue weighted by Gasteiger charge is 2.34. The zero-order valence-corrected chi connectivity index (χ0v) is 5.79. The molecular formula is C6H9F4N. The Morgan fingerprint density at radius 1 is 1.27 bits per heavy atom. The molecule has 1 aliphatic carbocycles. The van der Waals surface area contributed by atoms with Crippen molar-refractivity contribution in [2.24, 2.45) is 0 Å². The van der Waals surface area contributed by atoms with Gasteiger partial charge in [-0.2, -0.15) is 13.2 Å². The van der Waals surface area contributed by atoms with Crippen LogP contribution in [-0.2, 0) is 0 Å². The maximum Gasteiger partial charge on any atom is 0.401 e. The monoisotopic (exact) mass is 171 g/mol. The Morgan fingerprint density at radius 3 is 2.18 bits per heavy atom. The van der Waals surface area contributed by atoms with E-state index in [0.29, 0.717) is 12.8 Å². The standard InChI is InChI=1S/C6H9F4N/c7-4-1-2-5(4)11-3-6(8,9)10/h4-5,11H,1-3H2. The van der Waals surface area contributed by atoms with E-state index in [-0.39, 0.29) is 0 Å². The van der Waals surface area contributed by atoms with Crippen molar-refractivity contribution in [3.05, 3.63) is 0 Å². The molecule has 0 heterocycles. The number of hydrogen-bond donors (Lipinski definition) is 1. The van der Waals surface area contributed by atoms with Crippen molar-refractivity contribution in [1.29, 1.82) is 0 Å². The predicted molar refractivity (Wildman–Crippen MR) is 32.0 cm³/mol. The Balaban J connectivity index is 2.12. The van der Waals surface area contributed by atoms with Crippen LogP contribution in [0.2, 0.25) is 0 Å². The molecule has 1 rings (SSSR count). The molecule has 0 aromatic carbocycles. The molecule has 0 amide bonds. The van der Waals surface area contributed by atoms with Gasteiger partial charge in [0.2, 0.25) is 0 Å². The number of hydrogen-bond acceptors (Lipinski definition) is 1. The van der Waals surface area contributed by atoms with E-state index in [4.69, 9.17) is 0 Å². The molecule has 0 aliphatic heterocycles. The third-order valence-corrected chi connectivity index (χ3v) is 1.75. The van der Waals surface area contributed by atoms with Gasteiger partial charge in [0.25, 0.3) is 0 Å². The third-order valence-electron chi connectivity index (χ3n) is 1.75. The number of rotatable bonds is 2. The SMILES string of the molecule is FC1CCC1NCC(F)(F)F. The summed E-state index contributed by atoms with van der Waals surface area (Å²) in [7, 11) is 0. The van der Waals surface area contributed by atoms with E-state index in [0.717, 1.165) is 0 Å². The molecule has 0 aromatic rings. The van der Waals surface area contributed by atoms with Crippen molar-refractivity contribution in [3.63, 3.8) is 0 Å². The van der Waals surface area contributed by atoms with Crippen LogP contribution in [0.25, 0.3) is 0 Å². The number of halogens is 4. The van der Waals surface area contributed by atoms with Gasteiger partial charge in [-0.15, -0.1) is 0 Å². The highest BCUT2D eigenvalue weighted by atomic mass is 19.4. The largest absolute Gasteiger partial charge is 0.401 e. The second-order valence-electron chi connectivity index (χ2n) is 2.70. The minimum absolute atomic E-state index is 0.384. The van der Waals surface area contributed by atoms with Crippen LogP contribution >= 0.6 is 0 Å². The van der Waals surface area contributed by atoms with E-state index in [1.807, 2.05) is 0 Å². The molecule has 11 heavy (non-hydrogen) atoms. The summed E-state index contributed by atoms with van der Waals surface area (Å²) in [6.07, 6.45) is -4.42. The quantitative estimate of drug-likeness (QED) is 0.623. The minimum atomic E-state index is -4.23. The molecule has 1 nitrogen and oxygen atoms in total. The molecule has 2 unspecified atom stereocenters. The van der Waals surface area contributed by atoms with E-state index in [2.05, 4.69) is 5.32 Å². The molecule has 0 radical (unpaired) electrons. The Morgan fingerprint density at radius 2 is 1.91 bits per heavy atom. The smallest absolute Gasteiger partial charge is 0.303 e. The second kappa shape index (κ2) is 2.97. The fraction of sp³-hybridized carbons (Fsp3) is 1.00. The number of nitrogens with one attached hydrogen (secondary N) is 1. The van der Waals surface area contributed by atoms with Gasteiger partial charge in [0.05, 0.1) is 6.54 Å². The zero-order valence-electron chi connectivity index (χ0n) is 5.79. The first-order valence-corrected chi connectivity index (χ1v) is 3.43. The van der Waals surface area contributed by atoms with Crippen LogP contribution in [0.3, 0.4) is 0 Å². The molecule has 0 saturated heterocycles. The lowest BCUT2D eigenvalue weighted by atomic mass is 9.91. The van der Waals surface area contributed by atoms with Gasteiger partial charge in [0.15, 0.2) is 0 Å². The van der Waals surface area contributed by atoms with Crippen LogP contribution in [0.5, 0.6) is 0 Å². The Kier molecular flexibility index (Phi) is 2.37. The highest BCUT2D eigenvalue weighted by molar-refractivity contribution is 4.87. The summed E-state index contributed by atoms with van der Waals surface area (Å²) in [6, 6.07) is -0.573. The lowest BCUT2D eigenvalue weighted by molar-refractivity contribution is -0.128. The molecule has 2 atom stereocenters. The number of alkyl halides is 4. The van der Waals surface area contributed by atoms with Crippen molar-refractivity contribution in [2.75, 3.05) is 6.54 Å². The van der Waals surface area contributed by atoms with Gasteiger partial charge in [-0.1, -0.05) is 0 Å². The van der Waals surface area contributed by atoms with E-state index in [1.165, 1.54) is 0 Å². The molecule has 1 fully saturated rings. The van der Waals surface area contributed by atoms with Crippen molar-refractivity contribution in [2.45, 2.75) is 31.2 Å². The molecule has 1 aliphatic rings. The first kappa shape index (κ1) is 8.77. The molecule has 0 aromatic heterocycles. The van der Waals surface area contributed by atoms with Crippen LogP contribution in [-0.4, -0.2) is 24.9 Å². The average molecular weight is 171 g/mol. The Labute approximate surface area is 61.8 Å². The lowest BCUT2D eigenvalue weighted by Crippen LogP contribution is -2.48. The summed E-state index contributed by atoms with van der Waals surface area (Å²) in [5, 5.41) is 2.11. The highest BCUT2D eigenvalue weighted by Crippen LogP contribution is 2.24.